The zero-order chi connectivity index (χ0) is 17.9. The highest BCUT2D eigenvalue weighted by molar-refractivity contribution is 5.68. The van der Waals surface area contributed by atoms with Gasteiger partial charge in [-0.3, -0.25) is 0 Å². The molecule has 2 aromatic heterocycles. The number of benzene rings is 2. The van der Waals surface area contributed by atoms with Crippen molar-refractivity contribution in [3.05, 3.63) is 83.4 Å². The number of hydrogen-bond acceptors (Lipinski definition) is 5. The van der Waals surface area contributed by atoms with Crippen molar-refractivity contribution in [3.8, 4) is 28.6 Å². The highest BCUT2D eigenvalue weighted by atomic mass is 16.4. The first-order valence-corrected chi connectivity index (χ1v) is 8.16. The Balaban J connectivity index is 1.93. The lowest BCUT2D eigenvalue weighted by Crippen LogP contribution is -2.22. The van der Waals surface area contributed by atoms with Gasteiger partial charge in [-0.15, -0.1) is 0 Å². The van der Waals surface area contributed by atoms with Gasteiger partial charge in [0.05, 0.1) is 0 Å². The predicted octanol–water partition coefficient (Wildman–Crippen LogP) is 3.60. The van der Waals surface area contributed by atoms with Crippen LogP contribution in [0.15, 0.2) is 82.1 Å². The first-order chi connectivity index (χ1) is 12.8. The number of anilines is 1. The Labute approximate surface area is 149 Å². The van der Waals surface area contributed by atoms with E-state index in [1.165, 1.54) is 4.57 Å². The van der Waals surface area contributed by atoms with Gasteiger partial charge >= 0.3 is 5.69 Å². The van der Waals surface area contributed by atoms with Gasteiger partial charge in [-0.2, -0.15) is 9.97 Å². The van der Waals surface area contributed by atoms with Crippen molar-refractivity contribution in [2.75, 3.05) is 12.4 Å². The van der Waals surface area contributed by atoms with Crippen LogP contribution in [-0.4, -0.2) is 21.6 Å². The van der Waals surface area contributed by atoms with E-state index in [9.17, 15) is 4.79 Å². The molecular weight excluding hydrogens is 328 g/mol. The third-order valence-electron chi connectivity index (χ3n) is 3.95. The summed E-state index contributed by atoms with van der Waals surface area (Å²) in [5.41, 5.74) is 1.24. The Morgan fingerprint density at radius 2 is 1.54 bits per heavy atom. The fraction of sp³-hybridized carbons (Fsp3) is 0.0500. The van der Waals surface area contributed by atoms with Crippen LogP contribution in [0.5, 0.6) is 0 Å². The molecule has 0 atom stereocenters. The van der Waals surface area contributed by atoms with Crippen molar-refractivity contribution in [2.24, 2.45) is 0 Å². The molecule has 0 saturated heterocycles. The minimum absolute atomic E-state index is 0.412. The molecule has 0 aliphatic heterocycles. The van der Waals surface area contributed by atoms with Crippen molar-refractivity contribution >= 4 is 5.82 Å². The zero-order valence-electron chi connectivity index (χ0n) is 14.1. The first-order valence-electron chi connectivity index (χ1n) is 8.16. The fourth-order valence-corrected chi connectivity index (χ4v) is 2.66. The Morgan fingerprint density at radius 1 is 0.885 bits per heavy atom. The molecule has 6 heteroatoms. The van der Waals surface area contributed by atoms with Crippen LogP contribution in [0.25, 0.3) is 28.6 Å². The number of nitrogens with one attached hydrogen (secondary N) is 1. The number of hydrogen-bond donors (Lipinski definition) is 1. The minimum atomic E-state index is -0.429. The monoisotopic (exact) mass is 344 g/mol. The van der Waals surface area contributed by atoms with E-state index in [2.05, 4.69) is 15.3 Å². The van der Waals surface area contributed by atoms with Crippen LogP contribution in [0.2, 0.25) is 0 Å². The summed E-state index contributed by atoms with van der Waals surface area (Å²) in [4.78, 5) is 21.0. The summed E-state index contributed by atoms with van der Waals surface area (Å²) < 4.78 is 7.43. The van der Waals surface area contributed by atoms with Gasteiger partial charge in [0.2, 0.25) is 5.89 Å². The third kappa shape index (κ3) is 2.88. The van der Waals surface area contributed by atoms with Gasteiger partial charge in [-0.05, 0) is 18.2 Å². The van der Waals surface area contributed by atoms with Gasteiger partial charge in [0, 0.05) is 24.4 Å². The lowest BCUT2D eigenvalue weighted by molar-refractivity contribution is 0.588. The molecular formula is C20H16N4O2. The predicted molar refractivity (Wildman–Crippen MR) is 100 cm³/mol. The van der Waals surface area contributed by atoms with E-state index in [1.54, 1.807) is 19.3 Å². The summed E-state index contributed by atoms with van der Waals surface area (Å²) in [6.07, 6.45) is 1.64. The molecule has 0 fully saturated rings. The SMILES string of the molecule is CNc1ccn(-c2nc(-c3ccccc3)oc2-c2ccccc2)c(=O)n1. The second-order valence-corrected chi connectivity index (χ2v) is 5.62. The quantitative estimate of drug-likeness (QED) is 0.612. The molecule has 4 aromatic rings. The van der Waals surface area contributed by atoms with Crippen LogP contribution < -0.4 is 11.0 Å². The number of aromatic nitrogens is 3. The van der Waals surface area contributed by atoms with Crippen LogP contribution >= 0.6 is 0 Å². The molecule has 2 aromatic carbocycles. The van der Waals surface area contributed by atoms with Crippen molar-refractivity contribution in [1.82, 2.24) is 14.5 Å². The van der Waals surface area contributed by atoms with Gasteiger partial charge in [0.25, 0.3) is 0 Å². The molecule has 0 aliphatic rings. The van der Waals surface area contributed by atoms with Gasteiger partial charge < -0.3 is 9.73 Å². The van der Waals surface area contributed by atoms with E-state index in [1.807, 2.05) is 60.7 Å². The molecule has 0 saturated carbocycles. The summed E-state index contributed by atoms with van der Waals surface area (Å²) in [7, 11) is 1.71. The molecule has 0 radical (unpaired) electrons. The highest BCUT2D eigenvalue weighted by Crippen LogP contribution is 2.31. The summed E-state index contributed by atoms with van der Waals surface area (Å²) in [6.45, 7) is 0. The number of rotatable bonds is 4. The van der Waals surface area contributed by atoms with E-state index in [0.29, 0.717) is 23.3 Å². The van der Waals surface area contributed by atoms with Crippen molar-refractivity contribution in [1.29, 1.82) is 0 Å². The molecule has 26 heavy (non-hydrogen) atoms. The Kier molecular flexibility index (Phi) is 4.07. The lowest BCUT2D eigenvalue weighted by Gasteiger charge is -2.05. The van der Waals surface area contributed by atoms with Gasteiger partial charge in [-0.1, -0.05) is 48.5 Å². The second-order valence-electron chi connectivity index (χ2n) is 5.62. The molecule has 0 amide bonds. The topological polar surface area (TPSA) is 73.0 Å². The molecule has 1 N–H and O–H groups in total. The molecule has 0 unspecified atom stereocenters. The van der Waals surface area contributed by atoms with Crippen molar-refractivity contribution in [2.45, 2.75) is 0 Å². The van der Waals surface area contributed by atoms with E-state index >= 15 is 0 Å². The summed E-state index contributed by atoms with van der Waals surface area (Å²) in [5.74, 6) is 1.88. The molecule has 4 rings (SSSR count). The Morgan fingerprint density at radius 3 is 2.15 bits per heavy atom. The molecule has 0 spiro atoms. The molecule has 128 valence electrons. The number of oxazole rings is 1. The van der Waals surface area contributed by atoms with Crippen LogP contribution in [0.1, 0.15) is 0 Å². The Hall–Kier alpha value is -3.67. The Bertz CT molecular complexity index is 1090. The van der Waals surface area contributed by atoms with E-state index < -0.39 is 5.69 Å². The van der Waals surface area contributed by atoms with Crippen molar-refractivity contribution < 1.29 is 4.42 Å². The van der Waals surface area contributed by atoms with E-state index in [0.717, 1.165) is 11.1 Å². The molecule has 2 heterocycles. The van der Waals surface area contributed by atoms with Gasteiger partial charge in [0.1, 0.15) is 5.82 Å². The maximum absolute atomic E-state index is 12.5. The van der Waals surface area contributed by atoms with Crippen LogP contribution in [0.4, 0.5) is 5.82 Å². The fourth-order valence-electron chi connectivity index (χ4n) is 2.66. The molecule has 0 bridgehead atoms. The standard InChI is InChI=1S/C20H16N4O2/c1-21-16-12-13-24(20(25)22-16)18-17(14-8-4-2-5-9-14)26-19(23-18)15-10-6-3-7-11-15/h2-13H,1H3,(H,21,22,25). The second kappa shape index (κ2) is 6.68. The zero-order valence-corrected chi connectivity index (χ0v) is 14.1. The molecule has 0 aliphatic carbocycles. The average molecular weight is 344 g/mol. The molecule has 6 nitrogen and oxygen atoms in total. The normalized spacial score (nSPS) is 10.7. The van der Waals surface area contributed by atoms with Crippen LogP contribution in [-0.2, 0) is 0 Å². The summed E-state index contributed by atoms with van der Waals surface area (Å²) >= 11 is 0. The van der Waals surface area contributed by atoms with E-state index in [-0.39, 0.29) is 0 Å². The highest BCUT2D eigenvalue weighted by Gasteiger charge is 2.19. The summed E-state index contributed by atoms with van der Waals surface area (Å²) in [6, 6.07) is 20.9. The first kappa shape index (κ1) is 15.8. The largest absolute Gasteiger partial charge is 0.434 e. The average Bonchev–Trinajstić information content (AvgIpc) is 3.14. The van der Waals surface area contributed by atoms with E-state index in [4.69, 9.17) is 4.42 Å². The van der Waals surface area contributed by atoms with Gasteiger partial charge in [0.15, 0.2) is 11.6 Å². The maximum atomic E-state index is 12.5. The summed E-state index contributed by atoms with van der Waals surface area (Å²) in [5, 5.41) is 2.86. The lowest BCUT2D eigenvalue weighted by atomic mass is 10.2. The smallest absolute Gasteiger partial charge is 0.355 e. The van der Waals surface area contributed by atoms with Crippen LogP contribution in [0.3, 0.4) is 0 Å². The van der Waals surface area contributed by atoms with Crippen LogP contribution in [0, 0.1) is 0 Å². The number of nitrogens with zero attached hydrogens (tertiary/aromatic N) is 3. The van der Waals surface area contributed by atoms with Gasteiger partial charge in [-0.25, -0.2) is 9.36 Å². The maximum Gasteiger partial charge on any atom is 0.355 e. The van der Waals surface area contributed by atoms with Crippen molar-refractivity contribution in [3.63, 3.8) is 0 Å². The third-order valence-corrected chi connectivity index (χ3v) is 3.95. The minimum Gasteiger partial charge on any atom is -0.434 e.